The van der Waals surface area contributed by atoms with E-state index in [0.29, 0.717) is 36.1 Å². The summed E-state index contributed by atoms with van der Waals surface area (Å²) in [6.45, 7) is 3.07. The normalized spacial score (nSPS) is 21.3. The van der Waals surface area contributed by atoms with Crippen molar-refractivity contribution in [2.24, 2.45) is 0 Å². The van der Waals surface area contributed by atoms with Crippen molar-refractivity contribution in [2.75, 3.05) is 23.3 Å². The van der Waals surface area contributed by atoms with Gasteiger partial charge in [-0.1, -0.05) is 29.7 Å². The van der Waals surface area contributed by atoms with Crippen LogP contribution < -0.4 is 20.9 Å². The first-order valence-electron chi connectivity index (χ1n) is 10.8. The van der Waals surface area contributed by atoms with Crippen LogP contribution in [0.15, 0.2) is 24.3 Å². The highest BCUT2D eigenvalue weighted by Crippen LogP contribution is 2.33. The van der Waals surface area contributed by atoms with Gasteiger partial charge in [0.2, 0.25) is 5.95 Å². The summed E-state index contributed by atoms with van der Waals surface area (Å²) in [5, 5.41) is 25.3. The Morgan fingerprint density at radius 1 is 1.38 bits per heavy atom. The number of amides is 2. The number of carboxylic acid groups (broad SMARTS) is 1. The monoisotopic (exact) mass is 481 g/mol. The number of nitrogens with one attached hydrogen (secondary N) is 3. The summed E-state index contributed by atoms with van der Waals surface area (Å²) < 4.78 is 1.73. The average molecular weight is 482 g/mol. The molecule has 34 heavy (non-hydrogen) atoms. The molecule has 4 rings (SSSR count). The van der Waals surface area contributed by atoms with Crippen molar-refractivity contribution in [2.45, 2.75) is 43.9 Å². The van der Waals surface area contributed by atoms with E-state index in [1.165, 1.54) is 0 Å². The summed E-state index contributed by atoms with van der Waals surface area (Å²) >= 11 is 6.76. The first kappa shape index (κ1) is 23.3. The highest BCUT2D eigenvalue weighted by molar-refractivity contribution is 6.27. The molecule has 1 aromatic heterocycles. The van der Waals surface area contributed by atoms with Gasteiger partial charge in [0.05, 0.1) is 18.2 Å². The number of carbonyl (C=O) groups excluding carboxylic acids is 1. The molecular formula is C23H24ClN7O3. The summed E-state index contributed by atoms with van der Waals surface area (Å²) in [6, 6.07) is 8.80. The van der Waals surface area contributed by atoms with Gasteiger partial charge in [-0.05, 0) is 37.5 Å². The third-order valence-corrected chi connectivity index (χ3v) is 6.09. The second-order valence-corrected chi connectivity index (χ2v) is 8.87. The van der Waals surface area contributed by atoms with E-state index in [2.05, 4.69) is 33.9 Å². The van der Waals surface area contributed by atoms with Crippen molar-refractivity contribution >= 4 is 35.4 Å². The van der Waals surface area contributed by atoms with Crippen LogP contribution in [0.3, 0.4) is 0 Å². The Morgan fingerprint density at radius 3 is 2.82 bits per heavy atom. The number of hydrogen-bond donors (Lipinski definition) is 4. The van der Waals surface area contributed by atoms with Crippen LogP contribution in [0.2, 0.25) is 0 Å². The van der Waals surface area contributed by atoms with Gasteiger partial charge in [0.1, 0.15) is 0 Å². The van der Waals surface area contributed by atoms with Gasteiger partial charge >= 0.3 is 6.09 Å². The number of imidazole rings is 1. The van der Waals surface area contributed by atoms with E-state index >= 15 is 0 Å². The van der Waals surface area contributed by atoms with Gasteiger partial charge in [-0.2, -0.15) is 10.2 Å². The summed E-state index contributed by atoms with van der Waals surface area (Å²) in [4.78, 5) is 31.0. The Bertz CT molecular complexity index is 1210. The van der Waals surface area contributed by atoms with E-state index in [4.69, 9.17) is 27.0 Å². The van der Waals surface area contributed by atoms with Crippen LogP contribution in [-0.4, -0.2) is 50.9 Å². The maximum atomic E-state index is 13.2. The fraction of sp³-hybridized carbons (Fsp3) is 0.391. The fourth-order valence-electron chi connectivity index (χ4n) is 4.28. The smallest absolute Gasteiger partial charge is 0.404 e. The summed E-state index contributed by atoms with van der Waals surface area (Å²) in [5.74, 6) is 6.32. The Balaban J connectivity index is 1.64. The van der Waals surface area contributed by atoms with Gasteiger partial charge in [0.15, 0.2) is 16.6 Å². The predicted molar refractivity (Wildman–Crippen MR) is 127 cm³/mol. The Kier molecular flexibility index (Phi) is 6.53. The van der Waals surface area contributed by atoms with Crippen LogP contribution in [0.4, 0.5) is 16.6 Å². The van der Waals surface area contributed by atoms with Crippen LogP contribution in [0.25, 0.3) is 0 Å². The minimum absolute atomic E-state index is 0.240. The summed E-state index contributed by atoms with van der Waals surface area (Å²) in [5.41, 5.74) is 1.69. The zero-order chi connectivity index (χ0) is 24.3. The molecule has 0 bridgehead atoms. The van der Waals surface area contributed by atoms with Crippen molar-refractivity contribution in [1.29, 1.82) is 5.26 Å². The minimum Gasteiger partial charge on any atom is -0.465 e. The van der Waals surface area contributed by atoms with E-state index in [-0.39, 0.29) is 24.9 Å². The first-order chi connectivity index (χ1) is 16.3. The van der Waals surface area contributed by atoms with E-state index in [9.17, 15) is 9.59 Å². The van der Waals surface area contributed by atoms with E-state index in [1.54, 1.807) is 35.8 Å². The number of anilines is 2. The maximum Gasteiger partial charge on any atom is 0.404 e. The number of carbonyl (C=O) groups is 2. The molecule has 0 aliphatic carbocycles. The number of fused-ring (bicyclic) bond motifs is 1. The largest absolute Gasteiger partial charge is 0.465 e. The zero-order valence-electron chi connectivity index (χ0n) is 18.6. The average Bonchev–Trinajstić information content (AvgIpc) is 3.16. The Hall–Kier alpha value is -3.89. The van der Waals surface area contributed by atoms with Crippen molar-refractivity contribution in [3.8, 4) is 17.9 Å². The van der Waals surface area contributed by atoms with E-state index in [1.807, 2.05) is 4.90 Å². The molecule has 176 valence electrons. The molecule has 2 atom stereocenters. The number of rotatable bonds is 5. The molecule has 2 aromatic rings. The lowest BCUT2D eigenvalue weighted by molar-refractivity contribution is 0.0917. The van der Waals surface area contributed by atoms with Crippen LogP contribution in [0.1, 0.15) is 41.4 Å². The van der Waals surface area contributed by atoms with Crippen molar-refractivity contribution in [1.82, 2.24) is 20.2 Å². The molecule has 10 nitrogen and oxygen atoms in total. The van der Waals surface area contributed by atoms with Gasteiger partial charge in [-0.25, -0.2) is 4.79 Å². The molecule has 1 aromatic carbocycles. The Labute approximate surface area is 201 Å². The molecule has 0 radical (unpaired) electrons. The van der Waals surface area contributed by atoms with Crippen molar-refractivity contribution in [3.63, 3.8) is 0 Å². The molecule has 1 saturated heterocycles. The number of hydrogen-bond acceptors (Lipinski definition) is 6. The van der Waals surface area contributed by atoms with Crippen LogP contribution in [0.5, 0.6) is 0 Å². The standard InChI is InChI=1S/C23H24ClN7O3/c1-2-3-11-31-18-19(27-21(31)30-10-4-5-17(14-30)26-22(33)34)28-23(24,29-20(18)32)12-15-6-8-16(13-25)9-7-15/h6-9,17,26,28H,4-5,10-12,14H2,1H3,(H,29,32)(H,33,34). The second-order valence-electron chi connectivity index (χ2n) is 8.22. The number of benzene rings is 1. The lowest BCUT2D eigenvalue weighted by Gasteiger charge is -2.34. The molecule has 0 spiro atoms. The highest BCUT2D eigenvalue weighted by Gasteiger charge is 2.40. The maximum absolute atomic E-state index is 13.2. The number of aromatic nitrogens is 2. The molecular weight excluding hydrogens is 458 g/mol. The predicted octanol–water partition coefficient (Wildman–Crippen LogP) is 2.31. The number of piperidine rings is 1. The van der Waals surface area contributed by atoms with Crippen LogP contribution in [0, 0.1) is 23.2 Å². The van der Waals surface area contributed by atoms with Gasteiger partial charge in [0.25, 0.3) is 5.91 Å². The lowest BCUT2D eigenvalue weighted by Crippen LogP contribution is -2.55. The quantitative estimate of drug-likeness (QED) is 0.292. The number of halogens is 1. The van der Waals surface area contributed by atoms with Gasteiger partial charge in [0, 0.05) is 25.6 Å². The highest BCUT2D eigenvalue weighted by atomic mass is 35.5. The zero-order valence-corrected chi connectivity index (χ0v) is 19.3. The molecule has 2 aliphatic rings. The number of nitrogens with zero attached hydrogens (tertiary/aromatic N) is 4. The van der Waals surface area contributed by atoms with Gasteiger partial charge < -0.3 is 26.0 Å². The second kappa shape index (κ2) is 9.54. The topological polar surface area (TPSA) is 135 Å². The molecule has 11 heteroatoms. The van der Waals surface area contributed by atoms with Crippen LogP contribution in [-0.2, 0) is 13.0 Å². The third kappa shape index (κ3) is 4.87. The third-order valence-electron chi connectivity index (χ3n) is 5.77. The van der Waals surface area contributed by atoms with E-state index in [0.717, 1.165) is 18.4 Å². The first-order valence-corrected chi connectivity index (χ1v) is 11.2. The molecule has 2 aliphatic heterocycles. The van der Waals surface area contributed by atoms with Gasteiger partial charge in [-0.15, -0.1) is 5.92 Å². The number of nitriles is 1. The van der Waals surface area contributed by atoms with E-state index < -0.39 is 11.2 Å². The minimum atomic E-state index is -1.31. The number of alkyl halides is 1. The molecule has 4 N–H and O–H groups in total. The fourth-order valence-corrected chi connectivity index (χ4v) is 4.61. The molecule has 0 saturated carbocycles. The molecule has 3 heterocycles. The van der Waals surface area contributed by atoms with Crippen molar-refractivity contribution in [3.05, 3.63) is 41.1 Å². The Morgan fingerprint density at radius 2 is 2.15 bits per heavy atom. The van der Waals surface area contributed by atoms with Gasteiger partial charge in [-0.3, -0.25) is 9.36 Å². The molecule has 1 fully saturated rings. The summed E-state index contributed by atoms with van der Waals surface area (Å²) in [7, 11) is 0. The molecule has 2 unspecified atom stereocenters. The van der Waals surface area contributed by atoms with Crippen LogP contribution >= 0.6 is 11.6 Å². The summed E-state index contributed by atoms with van der Waals surface area (Å²) in [6.07, 6.45) is 0.699. The van der Waals surface area contributed by atoms with Crippen molar-refractivity contribution < 1.29 is 14.7 Å². The molecule has 2 amide bonds. The SMILES string of the molecule is CC#CCn1c(N2CCCC(NC(=O)O)C2)nc2c1C(=O)NC(Cl)(Cc1ccc(C#N)cc1)N2. The lowest BCUT2D eigenvalue weighted by atomic mass is 10.1.